The Morgan fingerprint density at radius 2 is 0.792 bits per heavy atom. The predicted molar refractivity (Wildman–Crippen MR) is 526 cm³/mol. The van der Waals surface area contributed by atoms with Crippen molar-refractivity contribution in [3.63, 3.8) is 0 Å². The Kier molecular flexibility index (Phi) is 38.7. The Morgan fingerprint density at radius 3 is 1.17 bits per heavy atom. The van der Waals surface area contributed by atoms with Crippen molar-refractivity contribution < 1.29 is 101 Å². The van der Waals surface area contributed by atoms with Gasteiger partial charge in [0.1, 0.15) is 39.6 Å². The molecule has 0 unspecified atom stereocenters. The number of hydrogen-bond acceptors (Lipinski definition) is 33. The number of alkyl halides is 3. The number of amides is 2. The van der Waals surface area contributed by atoms with E-state index < -0.39 is 67.4 Å². The van der Waals surface area contributed by atoms with Crippen molar-refractivity contribution in [1.29, 1.82) is 0 Å². The standard InChI is InChI=1S/C26H33FN8O3.C16H14ClFN6O.C12H6Cl2FN5.C10H19BF3N2O2.C10H16BN3O2.C8H2Cl3FN2.C5H10O.C2HF3O2/c1-26(2,3)38-25(36)35-6-4-33(5-7-35)16-17-12-19(27)13-20-21(17)31-24(34-8-10-37-11-9-34)32-22(20)18-14-29-23(28)30-15-18;17-12-6-10(18)5-11-13(9-7-20-15(19)21-8-9)22-16(23-14(11)12)24-1-3-25-4-2-24;13-8-2-6(15)1-7-9(19-11(14)20-10(7)8)5-3-17-12(16)18-4-5;1-10(2,3)18-9(17)16-6-4-15(5-7-16)8-11(12,13)14;1-9(2)10(3,4)16-11(15-9)7-5-13-8(12)14-6-7;9-5-2-3(12)1-4-6(5)13-8(11)14-7(4)10;1-2-4-6-5-3-1;3-2(4,5)1(6)7/h12-15H,4-11,16H2,1-3H3,(H2,28,29,30);5-8H,1-4H2,(H2,19,20,21);1-4H,(H2,16,17,18);4-8H2,1-3H3;5-6H,1-4H3,(H2,12,13,14);1-2H;1-5H2;(H,6,7)/q;;;-1;;;;/p+1. The molecule has 6 aliphatic rings. The first-order chi connectivity index (χ1) is 67.7. The molecule has 0 aliphatic carbocycles. The average molecular weight is 2140 g/mol. The average Bonchev–Trinajstić information content (AvgIpc) is 1.72. The molecule has 6 saturated heterocycles. The van der Waals surface area contributed by atoms with Crippen LogP contribution in [0.2, 0.25) is 30.8 Å². The lowest BCUT2D eigenvalue weighted by molar-refractivity contribution is -0.895. The number of nitrogens with two attached hydrogens (primary N) is 4. The van der Waals surface area contributed by atoms with Crippen molar-refractivity contribution in [1.82, 2.24) is 94.4 Å². The lowest BCUT2D eigenvalue weighted by Crippen LogP contribution is -3.16. The van der Waals surface area contributed by atoms with Crippen molar-refractivity contribution in [2.24, 2.45) is 0 Å². The van der Waals surface area contributed by atoms with Gasteiger partial charge in [-0.3, -0.25) is 9.80 Å². The highest BCUT2D eigenvalue weighted by Crippen LogP contribution is 2.40. The fourth-order valence-corrected chi connectivity index (χ4v) is 15.6. The summed E-state index contributed by atoms with van der Waals surface area (Å²) in [6, 6.07) is 10.4. The second-order valence-corrected chi connectivity index (χ2v) is 37.9. The summed E-state index contributed by atoms with van der Waals surface area (Å²) in [5, 5.41) is 9.58. The van der Waals surface area contributed by atoms with Gasteiger partial charge >= 0.3 is 38.4 Å². The van der Waals surface area contributed by atoms with Crippen LogP contribution in [0.3, 0.4) is 0 Å². The summed E-state index contributed by atoms with van der Waals surface area (Å²) in [6.07, 6.45) is 9.79. The first kappa shape index (κ1) is 113. The maximum Gasteiger partial charge on any atom is 0.531 e. The first-order valence-electron chi connectivity index (χ1n) is 44.6. The van der Waals surface area contributed by atoms with Crippen LogP contribution < -0.4 is 43.1 Å². The van der Waals surface area contributed by atoms with Crippen LogP contribution in [-0.2, 0) is 44.3 Å². The lowest BCUT2D eigenvalue weighted by atomic mass is 9.81. The van der Waals surface area contributed by atoms with E-state index in [4.69, 9.17) is 145 Å². The number of carboxylic acid groups (broad SMARTS) is 1. The number of carboxylic acids is 1. The normalized spacial score (nSPS) is 16.1. The number of nitrogens with one attached hydrogen (secondary N) is 1. The Hall–Kier alpha value is -11.7. The molecule has 0 saturated carbocycles. The van der Waals surface area contributed by atoms with Crippen LogP contribution in [0.5, 0.6) is 0 Å². The van der Waals surface area contributed by atoms with Gasteiger partial charge in [0.05, 0.1) is 124 Å². The third-order valence-electron chi connectivity index (χ3n) is 21.9. The molecule has 0 bridgehead atoms. The zero-order valence-electron chi connectivity index (χ0n) is 79.4. The number of morpholine rings is 2. The van der Waals surface area contributed by atoms with E-state index in [-0.39, 0.29) is 77.7 Å². The van der Waals surface area contributed by atoms with Crippen LogP contribution in [-0.4, -0.2) is 285 Å². The van der Waals surface area contributed by atoms with Gasteiger partial charge in [0.2, 0.25) is 46.3 Å². The number of quaternary nitrogens is 1. The SMILES string of the molecule is C1CCOCC1.CC(C)(C)OC(=O)N1CCN(Cc2cc(F)cc3c(-c4cnc(N)nc4)nc(N4CCOCC4)nc23)CC1.CC(C)(C)OC(=O)N1CC[NH+](C[B-](F)(F)F)CC1.CC1(C)OB(c2cnc(N)nc2)OC1(C)C.Fc1cc(Cl)c2nc(Cl)nc(Cl)c2c1.Nc1ncc(-c2nc(Cl)nc3c(Cl)cc(F)cc23)cn1.Nc1ncc(-c2nc(N3CCOCC3)nc3c(Cl)cc(F)cc23)cn1.O=C(O)C(F)(F)F. The van der Waals surface area contributed by atoms with Crippen LogP contribution in [0.15, 0.2) is 98.1 Å². The molecule has 0 radical (unpaired) electrons. The van der Waals surface area contributed by atoms with Crippen molar-refractivity contribution >= 4 is 187 Å². The van der Waals surface area contributed by atoms with Gasteiger partial charge < -0.3 is 93.6 Å². The van der Waals surface area contributed by atoms with E-state index in [0.717, 1.165) is 36.4 Å². The number of nitrogen functional groups attached to an aromatic ring is 4. The minimum atomic E-state index is -5.08. The highest BCUT2D eigenvalue weighted by atomic mass is 35.5. The first-order valence-corrected chi connectivity index (χ1v) is 46.9. The largest absolute Gasteiger partial charge is 0.531 e. The second-order valence-electron chi connectivity index (χ2n) is 35.7. The zero-order valence-corrected chi connectivity index (χ0v) is 84.0. The second kappa shape index (κ2) is 49.4. The fraction of sp³-hybridized carbons (Fsp3) is 0.427. The Labute approximate surface area is 849 Å². The van der Waals surface area contributed by atoms with E-state index in [1.807, 2.05) is 53.4 Å². The number of aromatic nitrogens is 16. The molecule has 2 amide bonds. The molecular weight excluding hydrogens is 2030 g/mol. The van der Waals surface area contributed by atoms with Gasteiger partial charge in [-0.1, -0.05) is 46.4 Å². The predicted octanol–water partition coefficient (Wildman–Crippen LogP) is 14.5. The van der Waals surface area contributed by atoms with E-state index in [1.165, 1.54) is 73.0 Å². The van der Waals surface area contributed by atoms with Gasteiger partial charge in [0, 0.05) is 165 Å². The Morgan fingerprint density at radius 1 is 0.451 bits per heavy atom. The molecule has 4 aromatic carbocycles. The van der Waals surface area contributed by atoms with E-state index in [0.29, 0.717) is 206 Å². The fourth-order valence-electron chi connectivity index (χ4n) is 14.3. The van der Waals surface area contributed by atoms with Crippen LogP contribution in [0.1, 0.15) is 94.1 Å². The topological polar surface area (TPSA) is 467 Å². The van der Waals surface area contributed by atoms with Crippen LogP contribution >= 0.6 is 69.6 Å². The summed E-state index contributed by atoms with van der Waals surface area (Å²) in [6.45, 7) is 25.2. The number of nitrogens with zero attached hydrogens (tertiary/aromatic N) is 21. The van der Waals surface area contributed by atoms with Crippen molar-refractivity contribution in [3.05, 3.63) is 158 Å². The number of piperazine rings is 2. The number of carbonyl (C=O) groups excluding carboxylic acids is 2. The molecule has 772 valence electrons. The molecule has 10 N–H and O–H groups in total. The molecule has 14 heterocycles. The molecular formula is C89H102B2Cl6F10N26O11. The minimum absolute atomic E-state index is 0.00201. The smallest absolute Gasteiger partial charge is 0.475 e. The van der Waals surface area contributed by atoms with Crippen LogP contribution in [0.25, 0.3) is 77.4 Å². The van der Waals surface area contributed by atoms with E-state index in [2.05, 4.69) is 79.6 Å². The van der Waals surface area contributed by atoms with Crippen molar-refractivity contribution in [2.45, 2.75) is 124 Å². The lowest BCUT2D eigenvalue weighted by Gasteiger charge is -2.35. The summed E-state index contributed by atoms with van der Waals surface area (Å²) in [7, 11) is -0.425. The van der Waals surface area contributed by atoms with Crippen LogP contribution in [0, 0.1) is 23.3 Å². The molecule has 144 heavy (non-hydrogen) atoms. The van der Waals surface area contributed by atoms with Gasteiger partial charge in [-0.2, -0.15) is 13.2 Å². The minimum Gasteiger partial charge on any atom is -0.475 e. The molecule has 8 aromatic heterocycles. The summed E-state index contributed by atoms with van der Waals surface area (Å²) < 4.78 is 162. The van der Waals surface area contributed by atoms with E-state index >= 15 is 0 Å². The maximum absolute atomic E-state index is 15.0. The summed E-state index contributed by atoms with van der Waals surface area (Å²) in [5.41, 5.74) is 26.9. The monoisotopic (exact) mass is 2130 g/mol. The van der Waals surface area contributed by atoms with Crippen molar-refractivity contribution in [2.75, 3.05) is 157 Å². The molecule has 55 heteroatoms. The van der Waals surface area contributed by atoms with Gasteiger partial charge in [0.25, 0.3) is 0 Å². The number of rotatable bonds is 10. The van der Waals surface area contributed by atoms with Gasteiger partial charge in [-0.05, 0) is 166 Å². The quantitative estimate of drug-likeness (QED) is 0.0320. The molecule has 0 spiro atoms. The molecule has 18 rings (SSSR count). The number of anilines is 6. The van der Waals surface area contributed by atoms with E-state index in [9.17, 15) is 53.3 Å². The molecule has 6 fully saturated rings. The Bertz CT molecular complexity index is 6360. The number of benzene rings is 4. The highest BCUT2D eigenvalue weighted by Gasteiger charge is 2.52. The summed E-state index contributed by atoms with van der Waals surface area (Å²) >= 11 is 35.2. The zero-order chi connectivity index (χ0) is 105. The maximum atomic E-state index is 15.0. The molecule has 12 aromatic rings. The van der Waals surface area contributed by atoms with Gasteiger partial charge in [-0.15, -0.1) is 0 Å². The number of halogens is 16. The van der Waals surface area contributed by atoms with Gasteiger partial charge in [0.15, 0.2) is 0 Å². The third kappa shape index (κ3) is 32.6. The van der Waals surface area contributed by atoms with Gasteiger partial charge in [-0.25, -0.2) is 112 Å². The van der Waals surface area contributed by atoms with Crippen LogP contribution in [0.4, 0.5) is 89.0 Å². The number of hydrogen-bond donors (Lipinski definition) is 6. The number of ether oxygens (including phenoxy) is 5. The van der Waals surface area contributed by atoms with E-state index in [1.54, 1.807) is 62.9 Å². The third-order valence-corrected chi connectivity index (χ3v) is 23.4. The Balaban J connectivity index is 0.000000165. The molecule has 37 nitrogen and oxygen atoms in total. The summed E-state index contributed by atoms with van der Waals surface area (Å²) in [5.74, 6) is -2.83. The number of aliphatic carboxylic acids is 1. The number of fused-ring (bicyclic) bond motifs is 4. The van der Waals surface area contributed by atoms with Crippen molar-refractivity contribution in [3.8, 4) is 33.8 Å². The summed E-state index contributed by atoms with van der Waals surface area (Å²) in [4.78, 5) is 109. The number of carbonyl (C=O) groups is 3. The highest BCUT2D eigenvalue weighted by molar-refractivity contribution is 6.62. The molecule has 0 atom stereocenters. The molecule has 6 aliphatic heterocycles.